The van der Waals surface area contributed by atoms with E-state index in [0.29, 0.717) is 0 Å². The SMILES string of the molecule is O=S(=O)(O)c1ccccc1NC(=S)S. The average Bonchev–Trinajstić information content (AvgIpc) is 2.01. The maximum absolute atomic E-state index is 10.9. The second kappa shape index (κ2) is 4.26. The number of benzene rings is 1. The van der Waals surface area contributed by atoms with Gasteiger partial charge in [0.2, 0.25) is 0 Å². The van der Waals surface area contributed by atoms with Crippen LogP contribution in [0.5, 0.6) is 0 Å². The van der Waals surface area contributed by atoms with Crippen LogP contribution < -0.4 is 5.32 Å². The third-order valence-electron chi connectivity index (χ3n) is 1.41. The fourth-order valence-corrected chi connectivity index (χ4v) is 1.79. The molecule has 4 nitrogen and oxygen atoms in total. The Labute approximate surface area is 92.5 Å². The molecule has 1 aromatic rings. The van der Waals surface area contributed by atoms with Gasteiger partial charge in [-0.15, -0.1) is 12.6 Å². The summed E-state index contributed by atoms with van der Waals surface area (Å²) in [5.74, 6) is 0. The van der Waals surface area contributed by atoms with Crippen molar-refractivity contribution in [1.82, 2.24) is 0 Å². The van der Waals surface area contributed by atoms with Crippen LogP contribution in [0.25, 0.3) is 0 Å². The van der Waals surface area contributed by atoms with Crippen molar-refractivity contribution in [1.29, 1.82) is 0 Å². The van der Waals surface area contributed by atoms with E-state index in [9.17, 15) is 8.42 Å². The molecule has 0 bridgehead atoms. The lowest BCUT2D eigenvalue weighted by molar-refractivity contribution is 0.483. The van der Waals surface area contributed by atoms with Crippen LogP contribution in [-0.4, -0.2) is 17.3 Å². The zero-order valence-corrected chi connectivity index (χ0v) is 9.36. The fraction of sp³-hybridized carbons (Fsp3) is 0. The van der Waals surface area contributed by atoms with Gasteiger partial charge < -0.3 is 5.32 Å². The van der Waals surface area contributed by atoms with E-state index in [0.717, 1.165) is 0 Å². The molecule has 1 aromatic carbocycles. The third-order valence-corrected chi connectivity index (χ3v) is 2.53. The minimum absolute atomic E-state index is 0.126. The molecule has 0 aliphatic heterocycles. The largest absolute Gasteiger partial charge is 0.340 e. The lowest BCUT2D eigenvalue weighted by Crippen LogP contribution is -2.07. The summed E-state index contributed by atoms with van der Waals surface area (Å²) < 4.78 is 30.7. The summed E-state index contributed by atoms with van der Waals surface area (Å²) in [4.78, 5) is -0.226. The third kappa shape index (κ3) is 2.95. The first kappa shape index (κ1) is 11.4. The minimum atomic E-state index is -4.24. The molecular weight excluding hydrogens is 242 g/mol. The highest BCUT2D eigenvalue weighted by atomic mass is 32.2. The van der Waals surface area contributed by atoms with Crippen LogP contribution in [-0.2, 0) is 10.1 Å². The van der Waals surface area contributed by atoms with Gasteiger partial charge in [0.15, 0.2) is 0 Å². The van der Waals surface area contributed by atoms with Crippen LogP contribution in [0.15, 0.2) is 29.2 Å². The summed E-state index contributed by atoms with van der Waals surface area (Å²) in [6, 6.07) is 5.86. The monoisotopic (exact) mass is 249 g/mol. The van der Waals surface area contributed by atoms with Crippen molar-refractivity contribution in [3.05, 3.63) is 24.3 Å². The van der Waals surface area contributed by atoms with Crippen LogP contribution in [0, 0.1) is 0 Å². The summed E-state index contributed by atoms with van der Waals surface area (Å²) >= 11 is 8.43. The molecule has 0 heterocycles. The van der Waals surface area contributed by atoms with E-state index >= 15 is 0 Å². The summed E-state index contributed by atoms with van der Waals surface area (Å²) in [5.41, 5.74) is 0.204. The maximum atomic E-state index is 10.9. The van der Waals surface area contributed by atoms with Crippen LogP contribution in [0.1, 0.15) is 0 Å². The molecule has 0 fully saturated rings. The molecule has 0 unspecified atom stereocenters. The van der Waals surface area contributed by atoms with E-state index < -0.39 is 10.1 Å². The fourth-order valence-electron chi connectivity index (χ4n) is 0.910. The van der Waals surface area contributed by atoms with Crippen LogP contribution in [0.3, 0.4) is 0 Å². The van der Waals surface area contributed by atoms with Crippen molar-refractivity contribution in [2.45, 2.75) is 4.90 Å². The van der Waals surface area contributed by atoms with Gasteiger partial charge in [-0.05, 0) is 12.1 Å². The van der Waals surface area contributed by atoms with Crippen molar-refractivity contribution >= 4 is 45.0 Å². The van der Waals surface area contributed by atoms with Crippen LogP contribution in [0.2, 0.25) is 0 Å². The highest BCUT2D eigenvalue weighted by molar-refractivity contribution is 8.11. The second-order valence-corrected chi connectivity index (χ2v) is 4.95. The average molecular weight is 249 g/mol. The number of thiol groups is 1. The number of hydrogen-bond acceptors (Lipinski definition) is 3. The highest BCUT2D eigenvalue weighted by Gasteiger charge is 2.14. The Morgan fingerprint density at radius 1 is 1.43 bits per heavy atom. The normalized spacial score (nSPS) is 11.0. The minimum Gasteiger partial charge on any atom is -0.340 e. The van der Waals surface area contributed by atoms with Gasteiger partial charge in [0.1, 0.15) is 9.22 Å². The number of nitrogens with one attached hydrogen (secondary N) is 1. The van der Waals surface area contributed by atoms with Crippen molar-refractivity contribution in [2.75, 3.05) is 5.32 Å². The number of para-hydroxylation sites is 1. The van der Waals surface area contributed by atoms with E-state index in [1.165, 1.54) is 18.2 Å². The molecule has 76 valence electrons. The first-order valence-corrected chi connectivity index (χ1v) is 5.77. The first-order valence-electron chi connectivity index (χ1n) is 3.48. The Morgan fingerprint density at radius 3 is 2.50 bits per heavy atom. The Kier molecular flexibility index (Phi) is 3.48. The van der Waals surface area contributed by atoms with Gasteiger partial charge in [-0.25, -0.2) is 0 Å². The van der Waals surface area contributed by atoms with Crippen molar-refractivity contribution in [3.8, 4) is 0 Å². The second-order valence-electron chi connectivity index (χ2n) is 2.40. The van der Waals surface area contributed by atoms with Gasteiger partial charge in [-0.3, -0.25) is 4.55 Å². The van der Waals surface area contributed by atoms with Gasteiger partial charge in [0, 0.05) is 0 Å². The molecule has 0 amide bonds. The summed E-state index contributed by atoms with van der Waals surface area (Å²) in [7, 11) is -4.24. The zero-order chi connectivity index (χ0) is 10.8. The standard InChI is InChI=1S/C7H7NO3S3/c9-14(10,11)6-4-2-1-3-5(6)8-7(12)13/h1-4H,(H2,8,12,13)(H,9,10,11). The summed E-state index contributed by atoms with van der Waals surface area (Å²) in [5, 5.41) is 2.54. The molecule has 0 aromatic heterocycles. The van der Waals surface area contributed by atoms with E-state index in [2.05, 4.69) is 30.2 Å². The molecule has 0 aliphatic rings. The zero-order valence-electron chi connectivity index (χ0n) is 6.84. The molecular formula is C7H7NO3S3. The van der Waals surface area contributed by atoms with Gasteiger partial charge >= 0.3 is 0 Å². The molecule has 0 atom stereocenters. The highest BCUT2D eigenvalue weighted by Crippen LogP contribution is 2.20. The van der Waals surface area contributed by atoms with Crippen molar-refractivity contribution < 1.29 is 13.0 Å². The molecule has 1 rings (SSSR count). The molecule has 0 saturated heterocycles. The number of rotatable bonds is 2. The van der Waals surface area contributed by atoms with E-state index in [1.54, 1.807) is 6.07 Å². The van der Waals surface area contributed by atoms with Crippen molar-refractivity contribution in [2.24, 2.45) is 0 Å². The number of hydrogen-bond donors (Lipinski definition) is 3. The van der Waals surface area contributed by atoms with Gasteiger partial charge in [0.25, 0.3) is 10.1 Å². The quantitative estimate of drug-likeness (QED) is 0.422. The molecule has 14 heavy (non-hydrogen) atoms. The Morgan fingerprint density at radius 2 is 2.00 bits per heavy atom. The summed E-state index contributed by atoms with van der Waals surface area (Å²) in [6.45, 7) is 0. The van der Waals surface area contributed by atoms with Gasteiger partial charge in [-0.2, -0.15) is 8.42 Å². The van der Waals surface area contributed by atoms with Gasteiger partial charge in [0.05, 0.1) is 5.69 Å². The molecule has 0 spiro atoms. The predicted molar refractivity (Wildman–Crippen MR) is 61.5 cm³/mol. The predicted octanol–water partition coefficient (Wildman–Crippen LogP) is 1.56. The van der Waals surface area contributed by atoms with Gasteiger partial charge in [-0.1, -0.05) is 24.4 Å². The lowest BCUT2D eigenvalue weighted by Gasteiger charge is -2.07. The molecule has 0 saturated carbocycles. The van der Waals surface area contributed by atoms with E-state index in [4.69, 9.17) is 4.55 Å². The Bertz CT molecular complexity index is 455. The van der Waals surface area contributed by atoms with Crippen LogP contribution >= 0.6 is 24.8 Å². The Balaban J connectivity index is 3.23. The molecule has 0 radical (unpaired) electrons. The number of anilines is 1. The van der Waals surface area contributed by atoms with E-state index in [1.807, 2.05) is 0 Å². The molecule has 2 N–H and O–H groups in total. The van der Waals surface area contributed by atoms with Crippen molar-refractivity contribution in [3.63, 3.8) is 0 Å². The molecule has 7 heteroatoms. The number of thiocarbonyl (C=S) groups is 1. The lowest BCUT2D eigenvalue weighted by atomic mass is 10.3. The molecule has 0 aliphatic carbocycles. The first-order chi connectivity index (χ1) is 6.41. The summed E-state index contributed by atoms with van der Waals surface area (Å²) in [6.07, 6.45) is 0. The maximum Gasteiger partial charge on any atom is 0.296 e. The van der Waals surface area contributed by atoms with Crippen LogP contribution in [0.4, 0.5) is 5.69 Å². The topological polar surface area (TPSA) is 66.4 Å². The Hall–Kier alpha value is -0.630. The smallest absolute Gasteiger partial charge is 0.296 e. The van der Waals surface area contributed by atoms with E-state index in [-0.39, 0.29) is 14.9 Å².